The van der Waals surface area contributed by atoms with Crippen LogP contribution in [0.1, 0.15) is 35.7 Å². The standard InChI is InChI=1S/C14H18N4O3/c1-2-4-11-13(20)18(14(21)16-11)8-9-5-3-6-10(7-9)12(19)17-15/h3,5-7,11H,2,4,8,15H2,1H3,(H,16,21)(H,17,19). The number of hydrogen-bond acceptors (Lipinski definition) is 4. The SMILES string of the molecule is CCCC1NC(=O)N(Cc2cccc(C(=O)NN)c2)C1=O. The van der Waals surface area contributed by atoms with Gasteiger partial charge in [-0.3, -0.25) is 19.9 Å². The summed E-state index contributed by atoms with van der Waals surface area (Å²) < 4.78 is 0. The third kappa shape index (κ3) is 3.19. The van der Waals surface area contributed by atoms with E-state index in [1.807, 2.05) is 12.3 Å². The van der Waals surface area contributed by atoms with Crippen LogP contribution in [-0.4, -0.2) is 28.8 Å². The second-order valence-electron chi connectivity index (χ2n) is 4.89. The molecule has 4 N–H and O–H groups in total. The predicted octanol–water partition coefficient (Wildman–Crippen LogP) is 0.511. The molecule has 1 aromatic carbocycles. The van der Waals surface area contributed by atoms with E-state index in [9.17, 15) is 14.4 Å². The summed E-state index contributed by atoms with van der Waals surface area (Å²) in [5.74, 6) is 4.44. The Balaban J connectivity index is 2.13. The van der Waals surface area contributed by atoms with Crippen LogP contribution >= 0.6 is 0 Å². The van der Waals surface area contributed by atoms with E-state index >= 15 is 0 Å². The Morgan fingerprint density at radius 1 is 1.43 bits per heavy atom. The van der Waals surface area contributed by atoms with Gasteiger partial charge >= 0.3 is 6.03 Å². The van der Waals surface area contributed by atoms with Crippen molar-refractivity contribution in [1.82, 2.24) is 15.6 Å². The number of nitrogens with zero attached hydrogens (tertiary/aromatic N) is 1. The molecule has 1 fully saturated rings. The van der Waals surface area contributed by atoms with E-state index in [0.717, 1.165) is 6.42 Å². The van der Waals surface area contributed by atoms with Gasteiger partial charge in [-0.1, -0.05) is 25.5 Å². The van der Waals surface area contributed by atoms with E-state index in [0.29, 0.717) is 17.5 Å². The van der Waals surface area contributed by atoms with E-state index in [4.69, 9.17) is 5.84 Å². The number of rotatable bonds is 5. The van der Waals surface area contributed by atoms with Crippen LogP contribution in [0.25, 0.3) is 0 Å². The van der Waals surface area contributed by atoms with E-state index in [1.165, 1.54) is 4.90 Å². The minimum Gasteiger partial charge on any atom is -0.326 e. The van der Waals surface area contributed by atoms with Crippen LogP contribution in [0.4, 0.5) is 4.79 Å². The van der Waals surface area contributed by atoms with Crippen molar-refractivity contribution < 1.29 is 14.4 Å². The summed E-state index contributed by atoms with van der Waals surface area (Å²) in [6.07, 6.45) is 1.44. The van der Waals surface area contributed by atoms with E-state index < -0.39 is 18.0 Å². The zero-order valence-electron chi connectivity index (χ0n) is 11.8. The van der Waals surface area contributed by atoms with Crippen molar-refractivity contribution in [3.05, 3.63) is 35.4 Å². The van der Waals surface area contributed by atoms with E-state index in [1.54, 1.807) is 24.3 Å². The van der Waals surface area contributed by atoms with Gasteiger partial charge < -0.3 is 5.32 Å². The maximum atomic E-state index is 12.1. The fraction of sp³-hybridized carbons (Fsp3) is 0.357. The molecule has 0 saturated carbocycles. The summed E-state index contributed by atoms with van der Waals surface area (Å²) in [6, 6.07) is 5.81. The molecule has 4 amide bonds. The van der Waals surface area contributed by atoms with Gasteiger partial charge in [0.15, 0.2) is 0 Å². The zero-order chi connectivity index (χ0) is 15.4. The summed E-state index contributed by atoms with van der Waals surface area (Å²) in [7, 11) is 0. The minimum atomic E-state index is -0.446. The highest BCUT2D eigenvalue weighted by molar-refractivity contribution is 6.04. The third-order valence-corrected chi connectivity index (χ3v) is 3.35. The van der Waals surface area contributed by atoms with Gasteiger partial charge in [0.05, 0.1) is 6.54 Å². The molecule has 1 atom stereocenters. The quantitative estimate of drug-likeness (QED) is 0.318. The van der Waals surface area contributed by atoms with Crippen molar-refractivity contribution in [3.8, 4) is 0 Å². The molecule has 2 rings (SSSR count). The second kappa shape index (κ2) is 6.36. The van der Waals surface area contributed by atoms with Crippen molar-refractivity contribution in [2.75, 3.05) is 0 Å². The first-order valence-corrected chi connectivity index (χ1v) is 6.78. The molecular weight excluding hydrogens is 272 g/mol. The summed E-state index contributed by atoms with van der Waals surface area (Å²) in [5.41, 5.74) is 3.12. The lowest BCUT2D eigenvalue weighted by atomic mass is 10.1. The van der Waals surface area contributed by atoms with Gasteiger partial charge in [0.2, 0.25) is 0 Å². The Morgan fingerprint density at radius 3 is 2.86 bits per heavy atom. The number of urea groups is 1. The van der Waals surface area contributed by atoms with Gasteiger partial charge in [-0.2, -0.15) is 0 Å². The van der Waals surface area contributed by atoms with Crippen molar-refractivity contribution in [2.24, 2.45) is 5.84 Å². The maximum absolute atomic E-state index is 12.1. The molecule has 7 nitrogen and oxygen atoms in total. The van der Waals surface area contributed by atoms with Gasteiger partial charge in [-0.05, 0) is 24.1 Å². The number of benzene rings is 1. The number of nitrogens with two attached hydrogens (primary N) is 1. The highest BCUT2D eigenvalue weighted by atomic mass is 16.2. The van der Waals surface area contributed by atoms with Gasteiger partial charge in [0, 0.05) is 5.56 Å². The molecule has 1 saturated heterocycles. The summed E-state index contributed by atoms with van der Waals surface area (Å²) in [4.78, 5) is 36.6. The van der Waals surface area contributed by atoms with Crippen molar-refractivity contribution >= 4 is 17.8 Å². The molecule has 1 aliphatic rings. The van der Waals surface area contributed by atoms with E-state index in [2.05, 4.69) is 5.32 Å². The molecule has 0 bridgehead atoms. The number of carbonyl (C=O) groups is 3. The fourth-order valence-corrected chi connectivity index (χ4v) is 2.29. The number of imide groups is 1. The smallest absolute Gasteiger partial charge is 0.325 e. The monoisotopic (exact) mass is 290 g/mol. The highest BCUT2D eigenvalue weighted by Crippen LogP contribution is 2.15. The van der Waals surface area contributed by atoms with E-state index in [-0.39, 0.29) is 12.5 Å². The number of amides is 4. The Hall–Kier alpha value is -2.41. The second-order valence-corrected chi connectivity index (χ2v) is 4.89. The number of hydrazine groups is 1. The Bertz CT molecular complexity index is 573. The highest BCUT2D eigenvalue weighted by Gasteiger charge is 2.37. The van der Waals surface area contributed by atoms with Gasteiger partial charge in [-0.25, -0.2) is 10.6 Å². The average Bonchev–Trinajstić information content (AvgIpc) is 2.75. The Kier molecular flexibility index (Phi) is 4.54. The maximum Gasteiger partial charge on any atom is 0.325 e. The molecular formula is C14H18N4O3. The predicted molar refractivity (Wildman–Crippen MR) is 75.9 cm³/mol. The summed E-state index contributed by atoms with van der Waals surface area (Å²) in [5, 5.41) is 2.66. The largest absolute Gasteiger partial charge is 0.326 e. The number of carbonyl (C=O) groups excluding carboxylic acids is 3. The zero-order valence-corrected chi connectivity index (χ0v) is 11.8. The lowest BCUT2D eigenvalue weighted by Crippen LogP contribution is -2.32. The number of hydrogen-bond donors (Lipinski definition) is 3. The first-order chi connectivity index (χ1) is 10.1. The topological polar surface area (TPSA) is 105 Å². The molecule has 1 heterocycles. The van der Waals surface area contributed by atoms with Crippen LogP contribution in [0.3, 0.4) is 0 Å². The van der Waals surface area contributed by atoms with Crippen LogP contribution in [0.5, 0.6) is 0 Å². The molecule has 7 heteroatoms. The summed E-state index contributed by atoms with van der Waals surface area (Å²) in [6.45, 7) is 2.09. The van der Waals surface area contributed by atoms with Crippen molar-refractivity contribution in [2.45, 2.75) is 32.4 Å². The van der Waals surface area contributed by atoms with Gasteiger partial charge in [-0.15, -0.1) is 0 Å². The van der Waals surface area contributed by atoms with Crippen molar-refractivity contribution in [1.29, 1.82) is 0 Å². The van der Waals surface area contributed by atoms with Crippen LogP contribution in [0.2, 0.25) is 0 Å². The molecule has 21 heavy (non-hydrogen) atoms. The normalized spacial score (nSPS) is 17.8. The first kappa shape index (κ1) is 15.0. The van der Waals surface area contributed by atoms with Crippen LogP contribution < -0.4 is 16.6 Å². The van der Waals surface area contributed by atoms with Gasteiger partial charge in [0.1, 0.15) is 6.04 Å². The Labute approximate surface area is 122 Å². The lowest BCUT2D eigenvalue weighted by molar-refractivity contribution is -0.128. The molecule has 1 unspecified atom stereocenters. The number of nitrogen functional groups attached to an aromatic ring is 1. The van der Waals surface area contributed by atoms with Gasteiger partial charge in [0.25, 0.3) is 11.8 Å². The lowest BCUT2D eigenvalue weighted by Gasteiger charge is -2.13. The molecule has 1 aromatic rings. The summed E-state index contributed by atoms with van der Waals surface area (Å²) >= 11 is 0. The molecule has 112 valence electrons. The molecule has 0 radical (unpaired) electrons. The molecule has 0 aromatic heterocycles. The first-order valence-electron chi connectivity index (χ1n) is 6.78. The fourth-order valence-electron chi connectivity index (χ4n) is 2.29. The van der Waals surface area contributed by atoms with Crippen molar-refractivity contribution in [3.63, 3.8) is 0 Å². The van der Waals surface area contributed by atoms with Crippen LogP contribution in [-0.2, 0) is 11.3 Å². The molecule has 0 spiro atoms. The third-order valence-electron chi connectivity index (χ3n) is 3.35. The number of nitrogens with one attached hydrogen (secondary N) is 2. The van der Waals surface area contributed by atoms with Crippen LogP contribution in [0.15, 0.2) is 24.3 Å². The van der Waals surface area contributed by atoms with Crippen LogP contribution in [0, 0.1) is 0 Å². The minimum absolute atomic E-state index is 0.135. The molecule has 0 aliphatic carbocycles. The molecule has 1 aliphatic heterocycles. The average molecular weight is 290 g/mol. The Morgan fingerprint density at radius 2 is 2.19 bits per heavy atom.